The molecule has 0 radical (unpaired) electrons. The molecule has 0 aliphatic carbocycles. The molecule has 1 aromatic heterocycles. The van der Waals surface area contributed by atoms with Gasteiger partial charge in [0.2, 0.25) is 0 Å². The molecule has 2 aromatic rings. The number of carbonyl (C=O) groups is 1. The molecule has 1 aliphatic heterocycles. The zero-order chi connectivity index (χ0) is 19.4. The van der Waals surface area contributed by atoms with Crippen molar-refractivity contribution in [3.05, 3.63) is 46.2 Å². The van der Waals surface area contributed by atoms with Gasteiger partial charge in [0.05, 0.1) is 25.3 Å². The number of rotatable bonds is 7. The van der Waals surface area contributed by atoms with Gasteiger partial charge in [0.1, 0.15) is 12.1 Å². The van der Waals surface area contributed by atoms with E-state index >= 15 is 0 Å². The minimum absolute atomic E-state index is 0. The number of aliphatic carboxylic acids is 1. The third-order valence-electron chi connectivity index (χ3n) is 4.82. The Morgan fingerprint density at radius 2 is 1.89 bits per heavy atom. The van der Waals surface area contributed by atoms with Crippen LogP contribution in [0.1, 0.15) is 5.56 Å². The molecule has 1 saturated heterocycles. The topological polar surface area (TPSA) is 94.1 Å². The van der Waals surface area contributed by atoms with Crippen LogP contribution < -0.4 is 5.56 Å². The number of hydrogen-bond donors (Lipinski definition) is 1. The summed E-state index contributed by atoms with van der Waals surface area (Å²) in [4.78, 5) is 26.3. The summed E-state index contributed by atoms with van der Waals surface area (Å²) in [6, 6.07) is 8.44. The molecule has 28 heavy (non-hydrogen) atoms. The summed E-state index contributed by atoms with van der Waals surface area (Å²) >= 11 is 0. The number of carboxylic acids is 1. The molecule has 9 heteroatoms. The number of morpholine rings is 1. The van der Waals surface area contributed by atoms with Gasteiger partial charge in [-0.3, -0.25) is 14.5 Å². The molecular weight excluding hydrogens is 388 g/mol. The molecular formula is C19H25ClN2O6. The highest BCUT2D eigenvalue weighted by Gasteiger charge is 2.36. The third-order valence-corrected chi connectivity index (χ3v) is 4.82. The van der Waals surface area contributed by atoms with Crippen LogP contribution in [0.2, 0.25) is 0 Å². The van der Waals surface area contributed by atoms with E-state index in [2.05, 4.69) is 0 Å². The lowest BCUT2D eigenvalue weighted by molar-refractivity contribution is -0.152. The van der Waals surface area contributed by atoms with Crippen LogP contribution in [0.5, 0.6) is 0 Å². The van der Waals surface area contributed by atoms with Gasteiger partial charge in [-0.2, -0.15) is 4.74 Å². The van der Waals surface area contributed by atoms with E-state index in [1.165, 1.54) is 11.8 Å². The molecule has 1 N–H and O–H groups in total. The van der Waals surface area contributed by atoms with Gasteiger partial charge in [0.25, 0.3) is 5.56 Å². The summed E-state index contributed by atoms with van der Waals surface area (Å²) in [6.07, 6.45) is -0.743. The minimum Gasteiger partial charge on any atom is -0.480 e. The predicted octanol–water partition coefficient (Wildman–Crippen LogP) is 1.64. The van der Waals surface area contributed by atoms with Crippen molar-refractivity contribution in [3.63, 3.8) is 0 Å². The Hall–Kier alpha value is -2.13. The van der Waals surface area contributed by atoms with E-state index in [4.69, 9.17) is 14.0 Å². The number of halogens is 1. The van der Waals surface area contributed by atoms with E-state index in [-0.39, 0.29) is 24.5 Å². The smallest absolute Gasteiger partial charge is 0.323 e. The molecule has 0 saturated carbocycles. The first-order valence-electron chi connectivity index (χ1n) is 8.86. The second kappa shape index (κ2) is 9.88. The van der Waals surface area contributed by atoms with Crippen molar-refractivity contribution in [2.45, 2.75) is 25.6 Å². The number of carboxylic acid groups (broad SMARTS) is 1. The Morgan fingerprint density at radius 3 is 2.46 bits per heavy atom. The first-order valence-corrected chi connectivity index (χ1v) is 8.86. The summed E-state index contributed by atoms with van der Waals surface area (Å²) in [6.45, 7) is 3.65. The summed E-state index contributed by atoms with van der Waals surface area (Å²) in [5.41, 5.74) is 0.985. The van der Waals surface area contributed by atoms with E-state index in [1.54, 1.807) is 11.8 Å². The first-order chi connectivity index (χ1) is 13.0. The lowest BCUT2D eigenvalue weighted by atomic mass is 10.1. The lowest BCUT2D eigenvalue weighted by Crippen LogP contribution is -2.55. The molecule has 2 unspecified atom stereocenters. The Kier molecular flexibility index (Phi) is 7.82. The third kappa shape index (κ3) is 4.64. The molecule has 1 aromatic carbocycles. The van der Waals surface area contributed by atoms with Crippen LogP contribution in [0.3, 0.4) is 0 Å². The molecule has 2 heterocycles. The SMILES string of the molecule is COC(Cn1oc(-c2ccccc2)c(C)c1=O)C(C(=O)O)N1CCOCC1.Cl. The quantitative estimate of drug-likeness (QED) is 0.738. The van der Waals surface area contributed by atoms with Crippen molar-refractivity contribution in [1.82, 2.24) is 9.64 Å². The van der Waals surface area contributed by atoms with Crippen LogP contribution in [-0.4, -0.2) is 66.3 Å². The predicted molar refractivity (Wildman–Crippen MR) is 105 cm³/mol. The molecule has 1 fully saturated rings. The van der Waals surface area contributed by atoms with E-state index in [1.807, 2.05) is 30.3 Å². The van der Waals surface area contributed by atoms with E-state index in [0.717, 1.165) is 5.56 Å². The molecule has 8 nitrogen and oxygen atoms in total. The van der Waals surface area contributed by atoms with Crippen molar-refractivity contribution in [3.8, 4) is 11.3 Å². The van der Waals surface area contributed by atoms with E-state index in [9.17, 15) is 14.7 Å². The average Bonchev–Trinajstić information content (AvgIpc) is 2.97. The van der Waals surface area contributed by atoms with Crippen LogP contribution in [0, 0.1) is 6.92 Å². The fraction of sp³-hybridized carbons (Fsp3) is 0.474. The van der Waals surface area contributed by atoms with Gasteiger partial charge >= 0.3 is 5.97 Å². The molecule has 2 atom stereocenters. The van der Waals surface area contributed by atoms with E-state index < -0.39 is 18.1 Å². The van der Waals surface area contributed by atoms with Crippen LogP contribution in [-0.2, 0) is 20.8 Å². The van der Waals surface area contributed by atoms with Crippen molar-refractivity contribution in [2.24, 2.45) is 0 Å². The fourth-order valence-electron chi connectivity index (χ4n) is 3.36. The van der Waals surface area contributed by atoms with Crippen molar-refractivity contribution < 1.29 is 23.9 Å². The van der Waals surface area contributed by atoms with Crippen molar-refractivity contribution in [1.29, 1.82) is 0 Å². The second-order valence-corrected chi connectivity index (χ2v) is 6.48. The number of nitrogens with zero attached hydrogens (tertiary/aromatic N) is 2. The monoisotopic (exact) mass is 412 g/mol. The molecule has 0 amide bonds. The summed E-state index contributed by atoms with van der Waals surface area (Å²) in [7, 11) is 1.44. The van der Waals surface area contributed by atoms with E-state index in [0.29, 0.717) is 37.6 Å². The minimum atomic E-state index is -0.997. The zero-order valence-electron chi connectivity index (χ0n) is 15.9. The van der Waals surface area contributed by atoms with Crippen molar-refractivity contribution in [2.75, 3.05) is 33.4 Å². The molecule has 154 valence electrons. The maximum Gasteiger partial charge on any atom is 0.323 e. The van der Waals surface area contributed by atoms with Crippen LogP contribution >= 0.6 is 12.4 Å². The normalized spacial score (nSPS) is 16.9. The van der Waals surface area contributed by atoms with Gasteiger partial charge in [-0.05, 0) is 6.92 Å². The van der Waals surface area contributed by atoms with Gasteiger partial charge in [-0.1, -0.05) is 30.3 Å². The molecule has 0 spiro atoms. The lowest BCUT2D eigenvalue weighted by Gasteiger charge is -2.35. The number of aromatic nitrogens is 1. The Labute approximate surface area is 169 Å². The molecule has 0 bridgehead atoms. The second-order valence-electron chi connectivity index (χ2n) is 6.48. The summed E-state index contributed by atoms with van der Waals surface area (Å²) in [5, 5.41) is 9.73. The van der Waals surface area contributed by atoms with Gasteiger partial charge in [-0.15, -0.1) is 12.4 Å². The van der Waals surface area contributed by atoms with Crippen LogP contribution in [0.15, 0.2) is 39.6 Å². The fourth-order valence-corrected chi connectivity index (χ4v) is 3.36. The molecule has 3 rings (SSSR count). The number of hydrogen-bond acceptors (Lipinski definition) is 6. The highest BCUT2D eigenvalue weighted by atomic mass is 35.5. The average molecular weight is 413 g/mol. The van der Waals surface area contributed by atoms with Gasteiger partial charge in [0, 0.05) is 25.8 Å². The number of methoxy groups -OCH3 is 1. The maximum absolute atomic E-state index is 12.6. The van der Waals surface area contributed by atoms with Crippen LogP contribution in [0.4, 0.5) is 0 Å². The number of benzene rings is 1. The largest absolute Gasteiger partial charge is 0.480 e. The highest BCUT2D eigenvalue weighted by Crippen LogP contribution is 2.22. The Morgan fingerprint density at radius 1 is 1.25 bits per heavy atom. The summed E-state index contributed by atoms with van der Waals surface area (Å²) in [5.74, 6) is -0.517. The number of ether oxygens (including phenoxy) is 2. The van der Waals surface area contributed by atoms with Gasteiger partial charge in [-0.25, -0.2) is 0 Å². The maximum atomic E-state index is 12.6. The Bertz CT molecular complexity index is 829. The first kappa shape index (κ1) is 22.2. The Balaban J connectivity index is 0.00000280. The molecule has 1 aliphatic rings. The van der Waals surface area contributed by atoms with Crippen molar-refractivity contribution >= 4 is 18.4 Å². The standard InChI is InChI=1S/C19H24N2O6.ClH/c1-13-17(14-6-4-3-5-7-14)27-21(18(13)22)12-15(25-2)16(19(23)24)20-8-10-26-11-9-20;/h3-7,15-16H,8-12H2,1-2H3,(H,23,24);1H. The summed E-state index contributed by atoms with van der Waals surface area (Å²) < 4.78 is 17.7. The zero-order valence-corrected chi connectivity index (χ0v) is 16.7. The highest BCUT2D eigenvalue weighted by molar-refractivity contribution is 5.85. The van der Waals surface area contributed by atoms with Gasteiger partial charge < -0.3 is 19.1 Å². The van der Waals surface area contributed by atoms with Crippen LogP contribution in [0.25, 0.3) is 11.3 Å². The van der Waals surface area contributed by atoms with Gasteiger partial charge in [0.15, 0.2) is 5.76 Å².